The molecule has 0 aliphatic heterocycles. The van der Waals surface area contributed by atoms with Gasteiger partial charge in [-0.15, -0.1) is 5.10 Å². The maximum atomic E-state index is 5.65. The van der Waals surface area contributed by atoms with E-state index in [0.29, 0.717) is 18.1 Å². The van der Waals surface area contributed by atoms with Gasteiger partial charge in [-0.3, -0.25) is 0 Å². The molecule has 0 saturated heterocycles. The molecule has 3 aromatic rings. The van der Waals surface area contributed by atoms with Crippen molar-refractivity contribution in [3.8, 4) is 11.4 Å². The van der Waals surface area contributed by atoms with Gasteiger partial charge in [-0.25, -0.2) is 4.98 Å². The van der Waals surface area contributed by atoms with E-state index in [1.807, 2.05) is 36.4 Å². The van der Waals surface area contributed by atoms with Crippen molar-refractivity contribution in [1.29, 1.82) is 0 Å². The van der Waals surface area contributed by atoms with Crippen molar-refractivity contribution in [2.24, 2.45) is 5.73 Å². The van der Waals surface area contributed by atoms with Gasteiger partial charge in [0.15, 0.2) is 5.82 Å². The van der Waals surface area contributed by atoms with Gasteiger partial charge in [0, 0.05) is 18.3 Å². The summed E-state index contributed by atoms with van der Waals surface area (Å²) in [5.41, 5.74) is 7.51. The minimum atomic E-state index is 0.413. The summed E-state index contributed by atoms with van der Waals surface area (Å²) in [7, 11) is 0. The third-order valence-electron chi connectivity index (χ3n) is 2.56. The molecule has 84 valence electrons. The second kappa shape index (κ2) is 3.95. The molecule has 0 aliphatic carbocycles. The summed E-state index contributed by atoms with van der Waals surface area (Å²) < 4.78 is 1.68. The second-order valence-corrected chi connectivity index (χ2v) is 3.65. The highest BCUT2D eigenvalue weighted by atomic mass is 15.3. The number of benzene rings is 1. The Bertz CT molecular complexity index is 644. The van der Waals surface area contributed by atoms with Crippen LogP contribution in [-0.2, 0) is 6.54 Å². The summed E-state index contributed by atoms with van der Waals surface area (Å²) in [4.78, 5) is 8.55. The molecule has 0 aliphatic rings. The summed E-state index contributed by atoms with van der Waals surface area (Å²) in [6.45, 7) is 0.413. The van der Waals surface area contributed by atoms with Gasteiger partial charge >= 0.3 is 0 Å². The Kier molecular flexibility index (Phi) is 2.31. The summed E-state index contributed by atoms with van der Waals surface area (Å²) in [5.74, 6) is 1.24. The lowest BCUT2D eigenvalue weighted by Crippen LogP contribution is -2.05. The van der Waals surface area contributed by atoms with Crippen LogP contribution in [0.25, 0.3) is 17.2 Å². The molecule has 0 saturated carbocycles. The number of nitrogens with two attached hydrogens (primary N) is 1. The molecular weight excluding hydrogens is 214 g/mol. The second-order valence-electron chi connectivity index (χ2n) is 3.65. The maximum absolute atomic E-state index is 5.65. The van der Waals surface area contributed by atoms with Gasteiger partial charge in [0.1, 0.15) is 0 Å². The zero-order chi connectivity index (χ0) is 11.7. The van der Waals surface area contributed by atoms with Gasteiger partial charge in [-0.2, -0.15) is 9.50 Å². The van der Waals surface area contributed by atoms with E-state index < -0.39 is 0 Å². The molecule has 0 bridgehead atoms. The van der Waals surface area contributed by atoms with Crippen molar-refractivity contribution < 1.29 is 0 Å². The predicted molar refractivity (Wildman–Crippen MR) is 64.1 cm³/mol. The summed E-state index contributed by atoms with van der Waals surface area (Å²) >= 11 is 0. The zero-order valence-corrected chi connectivity index (χ0v) is 9.11. The molecule has 0 spiro atoms. The highest BCUT2D eigenvalue weighted by Gasteiger charge is 2.08. The average Bonchev–Trinajstić information content (AvgIpc) is 2.83. The smallest absolute Gasteiger partial charge is 0.252 e. The highest BCUT2D eigenvalue weighted by Crippen LogP contribution is 2.15. The summed E-state index contributed by atoms with van der Waals surface area (Å²) in [5, 5.41) is 4.42. The van der Waals surface area contributed by atoms with E-state index in [4.69, 9.17) is 5.73 Å². The molecule has 2 aromatic heterocycles. The molecule has 5 heteroatoms. The molecule has 3 rings (SSSR count). The molecule has 5 nitrogen and oxygen atoms in total. The molecule has 17 heavy (non-hydrogen) atoms. The van der Waals surface area contributed by atoms with Gasteiger partial charge in [0.05, 0.1) is 5.69 Å². The van der Waals surface area contributed by atoms with Crippen molar-refractivity contribution in [2.45, 2.75) is 6.54 Å². The third kappa shape index (κ3) is 1.66. The van der Waals surface area contributed by atoms with Crippen molar-refractivity contribution in [3.05, 3.63) is 48.3 Å². The fourth-order valence-electron chi connectivity index (χ4n) is 1.70. The van der Waals surface area contributed by atoms with Gasteiger partial charge in [0.2, 0.25) is 0 Å². The van der Waals surface area contributed by atoms with Crippen molar-refractivity contribution in [1.82, 2.24) is 19.6 Å². The van der Waals surface area contributed by atoms with Gasteiger partial charge in [-0.05, 0) is 6.07 Å². The maximum Gasteiger partial charge on any atom is 0.252 e. The Morgan fingerprint density at radius 1 is 1.12 bits per heavy atom. The lowest BCUT2D eigenvalue weighted by molar-refractivity contribution is 0.837. The fraction of sp³-hybridized carbons (Fsp3) is 0.0833. The molecule has 1 aromatic carbocycles. The summed E-state index contributed by atoms with van der Waals surface area (Å²) in [6, 6.07) is 11.7. The van der Waals surface area contributed by atoms with Crippen LogP contribution in [-0.4, -0.2) is 19.6 Å². The van der Waals surface area contributed by atoms with Crippen LogP contribution < -0.4 is 5.73 Å². The van der Waals surface area contributed by atoms with Crippen LogP contribution in [0.5, 0.6) is 0 Å². The van der Waals surface area contributed by atoms with Crippen LogP contribution in [0.15, 0.2) is 42.6 Å². The molecule has 0 atom stereocenters. The molecule has 2 N–H and O–H groups in total. The fourth-order valence-corrected chi connectivity index (χ4v) is 1.70. The van der Waals surface area contributed by atoms with E-state index in [0.717, 1.165) is 11.3 Å². The predicted octanol–water partition coefficient (Wildman–Crippen LogP) is 1.25. The van der Waals surface area contributed by atoms with E-state index in [1.54, 1.807) is 10.7 Å². The molecule has 0 unspecified atom stereocenters. The number of nitrogens with zero attached hydrogens (tertiary/aromatic N) is 4. The van der Waals surface area contributed by atoms with Crippen molar-refractivity contribution in [3.63, 3.8) is 0 Å². The molecule has 2 heterocycles. The first-order chi connectivity index (χ1) is 8.38. The zero-order valence-electron chi connectivity index (χ0n) is 9.11. The van der Waals surface area contributed by atoms with Crippen molar-refractivity contribution in [2.75, 3.05) is 0 Å². The van der Waals surface area contributed by atoms with Gasteiger partial charge in [0.25, 0.3) is 5.78 Å². The van der Waals surface area contributed by atoms with Crippen LogP contribution in [0, 0.1) is 0 Å². The average molecular weight is 225 g/mol. The number of rotatable bonds is 2. The van der Waals surface area contributed by atoms with E-state index in [1.165, 1.54) is 0 Å². The quantitative estimate of drug-likeness (QED) is 0.712. The standard InChI is InChI=1S/C12H11N5/c13-8-10-6-7-14-12-15-11(16-17(10)12)9-4-2-1-3-5-9/h1-7H,8,13H2. The summed E-state index contributed by atoms with van der Waals surface area (Å²) in [6.07, 6.45) is 1.70. The first-order valence-corrected chi connectivity index (χ1v) is 5.34. The molecule has 0 radical (unpaired) electrons. The first kappa shape index (κ1) is 9.92. The molecular formula is C12H11N5. The normalized spacial score (nSPS) is 10.9. The number of hydrogen-bond acceptors (Lipinski definition) is 4. The van der Waals surface area contributed by atoms with E-state index in [9.17, 15) is 0 Å². The highest BCUT2D eigenvalue weighted by molar-refractivity contribution is 5.56. The molecule has 0 fully saturated rings. The van der Waals surface area contributed by atoms with Crippen LogP contribution in [0.4, 0.5) is 0 Å². The minimum Gasteiger partial charge on any atom is -0.325 e. The number of hydrogen-bond donors (Lipinski definition) is 1. The van der Waals surface area contributed by atoms with Gasteiger partial charge < -0.3 is 5.73 Å². The van der Waals surface area contributed by atoms with Crippen LogP contribution in [0.3, 0.4) is 0 Å². The topological polar surface area (TPSA) is 69.1 Å². The SMILES string of the molecule is NCc1ccnc2nc(-c3ccccc3)nn12. The van der Waals surface area contributed by atoms with E-state index in [-0.39, 0.29) is 0 Å². The first-order valence-electron chi connectivity index (χ1n) is 5.34. The van der Waals surface area contributed by atoms with E-state index in [2.05, 4.69) is 15.1 Å². The molecule has 0 amide bonds. The van der Waals surface area contributed by atoms with Crippen molar-refractivity contribution >= 4 is 5.78 Å². The minimum absolute atomic E-state index is 0.413. The number of fused-ring (bicyclic) bond motifs is 1. The third-order valence-corrected chi connectivity index (χ3v) is 2.56. The lowest BCUT2D eigenvalue weighted by atomic mass is 10.2. The van der Waals surface area contributed by atoms with Crippen LogP contribution >= 0.6 is 0 Å². The van der Waals surface area contributed by atoms with Crippen LogP contribution in [0.2, 0.25) is 0 Å². The lowest BCUT2D eigenvalue weighted by Gasteiger charge is -1.97. The monoisotopic (exact) mass is 225 g/mol. The van der Waals surface area contributed by atoms with E-state index >= 15 is 0 Å². The largest absolute Gasteiger partial charge is 0.325 e. The Balaban J connectivity index is 2.20. The van der Waals surface area contributed by atoms with Gasteiger partial charge in [-0.1, -0.05) is 30.3 Å². The Morgan fingerprint density at radius 3 is 2.71 bits per heavy atom. The Hall–Kier alpha value is -2.27. The Morgan fingerprint density at radius 2 is 1.94 bits per heavy atom. The Labute approximate surface area is 97.9 Å². The number of aromatic nitrogens is 4. The van der Waals surface area contributed by atoms with Crippen LogP contribution in [0.1, 0.15) is 5.69 Å².